The highest BCUT2D eigenvalue weighted by Crippen LogP contribution is 2.28. The van der Waals surface area contributed by atoms with Crippen molar-refractivity contribution in [2.75, 3.05) is 5.32 Å². The lowest BCUT2D eigenvalue weighted by atomic mass is 9.98. The molecule has 0 aliphatic carbocycles. The highest BCUT2D eigenvalue weighted by molar-refractivity contribution is 9.10. The zero-order chi connectivity index (χ0) is 14.9. The van der Waals surface area contributed by atoms with Crippen LogP contribution in [0.1, 0.15) is 36.2 Å². The van der Waals surface area contributed by atoms with Crippen LogP contribution < -0.4 is 5.32 Å². The molecule has 1 N–H and O–H groups in total. The summed E-state index contributed by atoms with van der Waals surface area (Å²) in [6, 6.07) is 3.30. The van der Waals surface area contributed by atoms with Gasteiger partial charge in [-0.1, -0.05) is 20.8 Å². The molecule has 0 aliphatic heterocycles. The van der Waals surface area contributed by atoms with E-state index in [1.807, 2.05) is 13.1 Å². The second kappa shape index (κ2) is 5.82. The minimum absolute atomic E-state index is 0.0720. The van der Waals surface area contributed by atoms with Crippen molar-refractivity contribution in [3.8, 4) is 0 Å². The highest BCUT2D eigenvalue weighted by atomic mass is 79.9. The summed E-state index contributed by atoms with van der Waals surface area (Å²) >= 11 is 4.89. The molecule has 0 bridgehead atoms. The van der Waals surface area contributed by atoms with E-state index in [2.05, 4.69) is 47.0 Å². The van der Waals surface area contributed by atoms with Gasteiger partial charge < -0.3 is 5.32 Å². The van der Waals surface area contributed by atoms with Gasteiger partial charge in [0, 0.05) is 22.2 Å². The van der Waals surface area contributed by atoms with E-state index < -0.39 is 0 Å². The number of rotatable bonds is 3. The SMILES string of the molecule is Cc1cc(Br)c(F)cc1NCc1cnc(C(C)(C)C)s1. The Morgan fingerprint density at radius 2 is 2.05 bits per heavy atom. The summed E-state index contributed by atoms with van der Waals surface area (Å²) < 4.78 is 14.0. The van der Waals surface area contributed by atoms with Gasteiger partial charge in [0.15, 0.2) is 0 Å². The van der Waals surface area contributed by atoms with Crippen molar-refractivity contribution >= 4 is 33.0 Å². The number of thiazole rings is 1. The normalized spacial score (nSPS) is 11.7. The van der Waals surface area contributed by atoms with Gasteiger partial charge in [-0.15, -0.1) is 11.3 Å². The van der Waals surface area contributed by atoms with E-state index in [1.54, 1.807) is 17.4 Å². The lowest BCUT2D eigenvalue weighted by Crippen LogP contribution is -2.09. The van der Waals surface area contributed by atoms with Crippen LogP contribution in [-0.4, -0.2) is 4.98 Å². The molecule has 20 heavy (non-hydrogen) atoms. The Labute approximate surface area is 131 Å². The Bertz CT molecular complexity index is 617. The molecule has 108 valence electrons. The molecule has 0 radical (unpaired) electrons. The largest absolute Gasteiger partial charge is 0.380 e. The van der Waals surface area contributed by atoms with Crippen LogP contribution in [0.15, 0.2) is 22.8 Å². The summed E-state index contributed by atoms with van der Waals surface area (Å²) in [7, 11) is 0. The zero-order valence-electron chi connectivity index (χ0n) is 12.1. The fourth-order valence-electron chi connectivity index (χ4n) is 1.76. The van der Waals surface area contributed by atoms with Gasteiger partial charge in [-0.25, -0.2) is 9.37 Å². The second-order valence-electron chi connectivity index (χ2n) is 5.82. The van der Waals surface area contributed by atoms with Crippen LogP contribution in [0.4, 0.5) is 10.1 Å². The average molecular weight is 357 g/mol. The van der Waals surface area contributed by atoms with Crippen molar-refractivity contribution in [1.29, 1.82) is 0 Å². The van der Waals surface area contributed by atoms with Crippen LogP contribution >= 0.6 is 27.3 Å². The highest BCUT2D eigenvalue weighted by Gasteiger charge is 2.17. The monoisotopic (exact) mass is 356 g/mol. The lowest BCUT2D eigenvalue weighted by Gasteiger charge is -2.13. The molecule has 0 spiro atoms. The number of anilines is 1. The van der Waals surface area contributed by atoms with Gasteiger partial charge >= 0.3 is 0 Å². The van der Waals surface area contributed by atoms with Crippen molar-refractivity contribution in [1.82, 2.24) is 4.98 Å². The third kappa shape index (κ3) is 3.58. The van der Waals surface area contributed by atoms with Gasteiger partial charge in [0.2, 0.25) is 0 Å². The van der Waals surface area contributed by atoms with Crippen LogP contribution in [0.3, 0.4) is 0 Å². The van der Waals surface area contributed by atoms with Gasteiger partial charge in [0.05, 0.1) is 16.0 Å². The van der Waals surface area contributed by atoms with Crippen molar-refractivity contribution in [2.45, 2.75) is 39.7 Å². The summed E-state index contributed by atoms with van der Waals surface area (Å²) in [4.78, 5) is 5.60. The standard InChI is InChI=1S/C15H18BrFN2S/c1-9-5-11(16)12(17)6-13(9)18-7-10-8-19-14(20-10)15(2,3)4/h5-6,8,18H,7H2,1-4H3. The Balaban J connectivity index is 2.09. The number of hydrogen-bond donors (Lipinski definition) is 1. The molecule has 5 heteroatoms. The van der Waals surface area contributed by atoms with E-state index in [4.69, 9.17) is 0 Å². The van der Waals surface area contributed by atoms with Gasteiger partial charge in [-0.05, 0) is 40.5 Å². The first-order valence-corrected chi connectivity index (χ1v) is 8.03. The Kier molecular flexibility index (Phi) is 4.49. The van der Waals surface area contributed by atoms with E-state index in [1.165, 1.54) is 6.07 Å². The van der Waals surface area contributed by atoms with Crippen molar-refractivity contribution in [2.24, 2.45) is 0 Å². The maximum absolute atomic E-state index is 13.5. The molecule has 0 saturated carbocycles. The van der Waals surface area contributed by atoms with E-state index in [-0.39, 0.29) is 11.2 Å². The average Bonchev–Trinajstić information content (AvgIpc) is 2.80. The molecule has 0 fully saturated rings. The molecule has 0 unspecified atom stereocenters. The van der Waals surface area contributed by atoms with Crippen molar-refractivity contribution in [3.63, 3.8) is 0 Å². The lowest BCUT2D eigenvalue weighted by molar-refractivity contribution is 0.585. The number of benzene rings is 1. The fourth-order valence-corrected chi connectivity index (χ4v) is 3.12. The van der Waals surface area contributed by atoms with Gasteiger partial charge in [-0.3, -0.25) is 0 Å². The number of nitrogens with one attached hydrogen (secondary N) is 1. The third-order valence-electron chi connectivity index (χ3n) is 2.92. The molecule has 1 aromatic carbocycles. The minimum Gasteiger partial charge on any atom is -0.380 e. The minimum atomic E-state index is -0.252. The van der Waals surface area contributed by atoms with E-state index in [9.17, 15) is 4.39 Å². The predicted molar refractivity (Wildman–Crippen MR) is 87.0 cm³/mol. The molecule has 0 atom stereocenters. The first-order chi connectivity index (χ1) is 9.27. The number of halogens is 2. The predicted octanol–water partition coefficient (Wildman–Crippen LogP) is 5.26. The maximum atomic E-state index is 13.5. The molecule has 0 saturated heterocycles. The molecular formula is C15H18BrFN2S. The number of aromatic nitrogens is 1. The Hall–Kier alpha value is -0.940. The molecule has 2 nitrogen and oxygen atoms in total. The quantitative estimate of drug-likeness (QED) is 0.810. The van der Waals surface area contributed by atoms with E-state index in [0.29, 0.717) is 11.0 Å². The Morgan fingerprint density at radius 1 is 1.35 bits per heavy atom. The van der Waals surface area contributed by atoms with Gasteiger partial charge in [0.1, 0.15) is 5.82 Å². The van der Waals surface area contributed by atoms with Crippen molar-refractivity contribution in [3.05, 3.63) is 44.1 Å². The van der Waals surface area contributed by atoms with Crippen LogP contribution in [0.25, 0.3) is 0 Å². The first-order valence-electron chi connectivity index (χ1n) is 6.42. The van der Waals surface area contributed by atoms with Crippen LogP contribution in [0.2, 0.25) is 0 Å². The maximum Gasteiger partial charge on any atom is 0.139 e. The number of hydrogen-bond acceptors (Lipinski definition) is 3. The third-order valence-corrected chi connectivity index (χ3v) is 4.95. The van der Waals surface area contributed by atoms with Gasteiger partial charge in [0.25, 0.3) is 0 Å². The second-order valence-corrected chi connectivity index (χ2v) is 7.79. The molecule has 0 aliphatic rings. The first kappa shape index (κ1) is 15.4. The van der Waals surface area contributed by atoms with Crippen LogP contribution in [0, 0.1) is 12.7 Å². The summed E-state index contributed by atoms with van der Waals surface area (Å²) in [6.45, 7) is 9.07. The molecule has 0 amide bonds. The summed E-state index contributed by atoms with van der Waals surface area (Å²) in [5, 5.41) is 4.39. The molecule has 1 aromatic heterocycles. The van der Waals surface area contributed by atoms with Crippen LogP contribution in [0.5, 0.6) is 0 Å². The van der Waals surface area contributed by atoms with E-state index in [0.717, 1.165) is 21.1 Å². The summed E-state index contributed by atoms with van der Waals surface area (Å²) in [6.07, 6.45) is 1.89. The fraction of sp³-hybridized carbons (Fsp3) is 0.400. The molecule has 1 heterocycles. The molecular weight excluding hydrogens is 339 g/mol. The smallest absolute Gasteiger partial charge is 0.139 e. The van der Waals surface area contributed by atoms with Gasteiger partial charge in [-0.2, -0.15) is 0 Å². The molecule has 2 aromatic rings. The van der Waals surface area contributed by atoms with E-state index >= 15 is 0 Å². The number of aryl methyl sites for hydroxylation is 1. The summed E-state index contributed by atoms with van der Waals surface area (Å²) in [5.74, 6) is -0.252. The van der Waals surface area contributed by atoms with Crippen LogP contribution in [-0.2, 0) is 12.0 Å². The summed E-state index contributed by atoms with van der Waals surface area (Å²) in [5.41, 5.74) is 1.90. The number of nitrogens with zero attached hydrogens (tertiary/aromatic N) is 1. The zero-order valence-corrected chi connectivity index (χ0v) is 14.5. The topological polar surface area (TPSA) is 24.9 Å². The molecule has 2 rings (SSSR count). The van der Waals surface area contributed by atoms with Crippen molar-refractivity contribution < 1.29 is 4.39 Å². The Morgan fingerprint density at radius 3 is 2.65 bits per heavy atom.